The number of hydrogen-bond acceptors (Lipinski definition) is 4. The molecule has 0 saturated heterocycles. The molecule has 0 unspecified atom stereocenters. The van der Waals surface area contributed by atoms with Crippen LogP contribution < -0.4 is 14.5 Å². The number of rotatable bonds is 6. The van der Waals surface area contributed by atoms with Crippen LogP contribution in [-0.4, -0.2) is 26.9 Å². The van der Waals surface area contributed by atoms with E-state index >= 15 is 0 Å². The highest BCUT2D eigenvalue weighted by Crippen LogP contribution is 2.37. The van der Waals surface area contributed by atoms with Gasteiger partial charge in [-0.25, -0.2) is 13.2 Å². The summed E-state index contributed by atoms with van der Waals surface area (Å²) in [7, 11) is -4.12. The van der Waals surface area contributed by atoms with E-state index in [4.69, 9.17) is 0 Å². The molecule has 170 valence electrons. The summed E-state index contributed by atoms with van der Waals surface area (Å²) in [5.41, 5.74) is 3.49. The summed E-state index contributed by atoms with van der Waals surface area (Å²) in [5, 5.41) is 2.81. The van der Waals surface area contributed by atoms with Crippen molar-refractivity contribution < 1.29 is 18.0 Å². The summed E-state index contributed by atoms with van der Waals surface area (Å²) in [6.45, 7) is 3.98. The molecule has 1 N–H and O–H groups in total. The van der Waals surface area contributed by atoms with E-state index < -0.39 is 16.1 Å². The van der Waals surface area contributed by atoms with Gasteiger partial charge in [-0.2, -0.15) is 4.31 Å². The van der Waals surface area contributed by atoms with E-state index in [1.807, 2.05) is 38.1 Å². The standard InChI is InChI=1S/C25H25N3O4S/c1-3-19-12-14-21(15-13-19)28-25(30)27(22-6-4-5-7-23(22)33(28,31)32)17-24(29)26-16-20-10-8-18(2)9-11-20/h4-15H,3,16-17H2,1-2H3,(H,26,29). The Morgan fingerprint density at radius 2 is 1.55 bits per heavy atom. The lowest BCUT2D eigenvalue weighted by atomic mass is 10.1. The molecule has 0 aromatic heterocycles. The number of carbonyl (C=O) groups is 2. The van der Waals surface area contributed by atoms with E-state index in [0.717, 1.165) is 27.4 Å². The third-order valence-electron chi connectivity index (χ3n) is 5.57. The number of nitrogens with zero attached hydrogens (tertiary/aromatic N) is 2. The summed E-state index contributed by atoms with van der Waals surface area (Å²) in [6, 6.07) is 20.0. The highest BCUT2D eigenvalue weighted by atomic mass is 32.2. The van der Waals surface area contributed by atoms with Crippen molar-refractivity contribution in [3.8, 4) is 0 Å². The second kappa shape index (κ2) is 9.07. The van der Waals surface area contributed by atoms with E-state index in [0.29, 0.717) is 6.54 Å². The zero-order chi connectivity index (χ0) is 23.6. The third-order valence-corrected chi connectivity index (χ3v) is 7.32. The molecule has 0 atom stereocenters. The number of urea groups is 1. The Morgan fingerprint density at radius 1 is 0.909 bits per heavy atom. The summed E-state index contributed by atoms with van der Waals surface area (Å²) in [6.07, 6.45) is 0.789. The molecular weight excluding hydrogens is 438 g/mol. The number of para-hydroxylation sites is 1. The summed E-state index contributed by atoms with van der Waals surface area (Å²) in [5.74, 6) is -0.390. The van der Waals surface area contributed by atoms with Crippen molar-refractivity contribution in [2.24, 2.45) is 0 Å². The van der Waals surface area contributed by atoms with E-state index in [9.17, 15) is 18.0 Å². The number of nitrogens with one attached hydrogen (secondary N) is 1. The highest BCUT2D eigenvalue weighted by Gasteiger charge is 2.42. The first-order valence-corrected chi connectivity index (χ1v) is 12.1. The molecule has 3 amide bonds. The number of anilines is 2. The van der Waals surface area contributed by atoms with Gasteiger partial charge in [-0.1, -0.05) is 61.0 Å². The van der Waals surface area contributed by atoms with Crippen LogP contribution in [0.2, 0.25) is 0 Å². The van der Waals surface area contributed by atoms with E-state index in [2.05, 4.69) is 5.32 Å². The lowest BCUT2D eigenvalue weighted by Crippen LogP contribution is -2.53. The monoisotopic (exact) mass is 463 g/mol. The number of aryl methyl sites for hydroxylation is 2. The first kappa shape index (κ1) is 22.5. The smallest absolute Gasteiger partial charge is 0.343 e. The van der Waals surface area contributed by atoms with Crippen LogP contribution in [0, 0.1) is 6.92 Å². The molecule has 1 aliphatic heterocycles. The van der Waals surface area contributed by atoms with Crippen molar-refractivity contribution in [2.75, 3.05) is 15.7 Å². The van der Waals surface area contributed by atoms with Crippen LogP contribution >= 0.6 is 0 Å². The van der Waals surface area contributed by atoms with Crippen LogP contribution in [0.3, 0.4) is 0 Å². The molecule has 0 radical (unpaired) electrons. The minimum atomic E-state index is -4.12. The van der Waals surface area contributed by atoms with Crippen molar-refractivity contribution in [3.63, 3.8) is 0 Å². The topological polar surface area (TPSA) is 86.8 Å². The Morgan fingerprint density at radius 3 is 2.21 bits per heavy atom. The van der Waals surface area contributed by atoms with Gasteiger partial charge in [0.15, 0.2) is 0 Å². The SMILES string of the molecule is CCc1ccc(N2C(=O)N(CC(=O)NCc3ccc(C)cc3)c3ccccc3S2(=O)=O)cc1. The van der Waals surface area contributed by atoms with Gasteiger partial charge >= 0.3 is 6.03 Å². The van der Waals surface area contributed by atoms with Crippen LogP contribution in [0.1, 0.15) is 23.6 Å². The number of benzene rings is 3. The highest BCUT2D eigenvalue weighted by molar-refractivity contribution is 7.94. The van der Waals surface area contributed by atoms with Crippen LogP contribution in [0.25, 0.3) is 0 Å². The van der Waals surface area contributed by atoms with E-state index in [-0.39, 0.29) is 28.7 Å². The minimum Gasteiger partial charge on any atom is -0.350 e. The maximum absolute atomic E-state index is 13.4. The van der Waals surface area contributed by atoms with E-state index in [1.165, 1.54) is 17.0 Å². The molecule has 1 aliphatic rings. The molecule has 33 heavy (non-hydrogen) atoms. The fraction of sp³-hybridized carbons (Fsp3) is 0.200. The number of hydrogen-bond donors (Lipinski definition) is 1. The molecule has 0 fully saturated rings. The molecular formula is C25H25N3O4S. The quantitative estimate of drug-likeness (QED) is 0.598. The molecule has 0 aliphatic carbocycles. The number of sulfonamides is 1. The second-order valence-corrected chi connectivity index (χ2v) is 9.64. The van der Waals surface area contributed by atoms with Gasteiger partial charge < -0.3 is 5.32 Å². The molecule has 0 saturated carbocycles. The maximum atomic E-state index is 13.4. The number of carbonyl (C=O) groups excluding carboxylic acids is 2. The Hall–Kier alpha value is -3.65. The average Bonchev–Trinajstić information content (AvgIpc) is 2.82. The van der Waals surface area contributed by atoms with Gasteiger partial charge in [-0.3, -0.25) is 9.69 Å². The van der Waals surface area contributed by atoms with E-state index in [1.54, 1.807) is 36.4 Å². The Balaban J connectivity index is 1.63. The van der Waals surface area contributed by atoms with Gasteiger partial charge in [-0.05, 0) is 48.7 Å². The second-order valence-electron chi connectivity index (χ2n) is 7.89. The molecule has 0 bridgehead atoms. The van der Waals surface area contributed by atoms with Crippen molar-refractivity contribution in [3.05, 3.63) is 89.5 Å². The molecule has 8 heteroatoms. The Bertz CT molecular complexity index is 1290. The summed E-state index contributed by atoms with van der Waals surface area (Å²) in [4.78, 5) is 27.3. The molecule has 1 heterocycles. The summed E-state index contributed by atoms with van der Waals surface area (Å²) >= 11 is 0. The predicted octanol–water partition coefficient (Wildman–Crippen LogP) is 4.01. The zero-order valence-electron chi connectivity index (χ0n) is 18.5. The normalized spacial score (nSPS) is 14.7. The van der Waals surface area contributed by atoms with Crippen LogP contribution in [0.4, 0.5) is 16.2 Å². The Kier molecular flexibility index (Phi) is 6.20. The fourth-order valence-electron chi connectivity index (χ4n) is 3.69. The summed E-state index contributed by atoms with van der Waals surface area (Å²) < 4.78 is 27.4. The van der Waals surface area contributed by atoms with Crippen molar-refractivity contribution in [2.45, 2.75) is 31.7 Å². The molecule has 3 aromatic rings. The van der Waals surface area contributed by atoms with Crippen molar-refractivity contribution >= 4 is 33.3 Å². The fourth-order valence-corrected chi connectivity index (χ4v) is 5.28. The predicted molar refractivity (Wildman–Crippen MR) is 128 cm³/mol. The van der Waals surface area contributed by atoms with Gasteiger partial charge in [0.25, 0.3) is 10.0 Å². The number of amides is 3. The first-order chi connectivity index (χ1) is 15.8. The van der Waals surface area contributed by atoms with Crippen LogP contribution in [-0.2, 0) is 27.8 Å². The first-order valence-electron chi connectivity index (χ1n) is 10.7. The van der Waals surface area contributed by atoms with Crippen LogP contribution in [0.15, 0.2) is 77.7 Å². The molecule has 4 rings (SSSR count). The van der Waals surface area contributed by atoms with Gasteiger partial charge in [0.2, 0.25) is 5.91 Å². The van der Waals surface area contributed by atoms with Gasteiger partial charge in [-0.15, -0.1) is 0 Å². The zero-order valence-corrected chi connectivity index (χ0v) is 19.3. The van der Waals surface area contributed by atoms with Gasteiger partial charge in [0.1, 0.15) is 11.4 Å². The molecule has 0 spiro atoms. The third kappa shape index (κ3) is 4.47. The number of fused-ring (bicyclic) bond motifs is 1. The Labute approximate surface area is 193 Å². The van der Waals surface area contributed by atoms with Crippen molar-refractivity contribution in [1.29, 1.82) is 0 Å². The minimum absolute atomic E-state index is 0.0181. The van der Waals surface area contributed by atoms with Crippen LogP contribution in [0.5, 0.6) is 0 Å². The van der Waals surface area contributed by atoms with Gasteiger partial charge in [0.05, 0.1) is 11.4 Å². The lowest BCUT2D eigenvalue weighted by molar-refractivity contribution is -0.119. The average molecular weight is 464 g/mol. The van der Waals surface area contributed by atoms with Crippen molar-refractivity contribution in [1.82, 2.24) is 5.32 Å². The van der Waals surface area contributed by atoms with Gasteiger partial charge in [0, 0.05) is 6.54 Å². The maximum Gasteiger partial charge on any atom is 0.343 e. The molecule has 7 nitrogen and oxygen atoms in total. The lowest BCUT2D eigenvalue weighted by Gasteiger charge is -2.35. The largest absolute Gasteiger partial charge is 0.350 e. The molecule has 3 aromatic carbocycles.